The van der Waals surface area contributed by atoms with Gasteiger partial charge in [-0.1, -0.05) is 24.3 Å². The quantitative estimate of drug-likeness (QED) is 0.466. The number of nitrogens with zero attached hydrogens (tertiary/aromatic N) is 4. The van der Waals surface area contributed by atoms with E-state index >= 15 is 0 Å². The molecule has 1 fully saturated rings. The van der Waals surface area contributed by atoms with E-state index < -0.39 is 10.0 Å². The molecule has 1 N–H and O–H groups in total. The van der Waals surface area contributed by atoms with E-state index in [2.05, 4.69) is 38.0 Å². The highest BCUT2D eigenvalue weighted by Crippen LogP contribution is 2.28. The van der Waals surface area contributed by atoms with Gasteiger partial charge in [0.15, 0.2) is 0 Å². The van der Waals surface area contributed by atoms with E-state index in [1.54, 1.807) is 18.2 Å². The largest absolute Gasteiger partial charge is 0.372 e. The number of piperidine rings is 1. The molecule has 1 aliphatic rings. The minimum Gasteiger partial charge on any atom is -0.372 e. The Hall–Kier alpha value is -2.56. The van der Waals surface area contributed by atoms with Crippen LogP contribution >= 0.6 is 11.7 Å². The van der Waals surface area contributed by atoms with Crippen LogP contribution in [-0.2, 0) is 14.8 Å². The monoisotopic (exact) mass is 487 g/mol. The summed E-state index contributed by atoms with van der Waals surface area (Å²) in [6.45, 7) is 5.02. The van der Waals surface area contributed by atoms with E-state index in [1.165, 1.54) is 9.99 Å². The Morgan fingerprint density at radius 2 is 2.00 bits per heavy atom. The number of para-hydroxylation sites is 1. The fourth-order valence-corrected chi connectivity index (χ4v) is 6.51. The molecule has 2 aromatic carbocycles. The normalized spacial score (nSPS) is 17.2. The molecule has 0 radical (unpaired) electrons. The van der Waals surface area contributed by atoms with Crippen molar-refractivity contribution in [3.8, 4) is 0 Å². The summed E-state index contributed by atoms with van der Waals surface area (Å²) in [7, 11) is -3.74. The van der Waals surface area contributed by atoms with Gasteiger partial charge in [-0.05, 0) is 50.5 Å². The Morgan fingerprint density at radius 3 is 2.79 bits per heavy atom. The Balaban J connectivity index is 1.32. The summed E-state index contributed by atoms with van der Waals surface area (Å²) in [5.41, 5.74) is 2.14. The van der Waals surface area contributed by atoms with Crippen LogP contribution in [0, 0.1) is 5.92 Å². The second kappa shape index (κ2) is 10.6. The van der Waals surface area contributed by atoms with E-state index in [0.29, 0.717) is 37.0 Å². The molecule has 4 rings (SSSR count). The maximum atomic E-state index is 13.3. The van der Waals surface area contributed by atoms with Crippen molar-refractivity contribution in [3.63, 3.8) is 0 Å². The molecule has 1 saturated heterocycles. The van der Waals surface area contributed by atoms with Crippen LogP contribution in [-0.4, -0.2) is 60.1 Å². The number of benzene rings is 2. The van der Waals surface area contributed by atoms with Crippen LogP contribution < -0.4 is 10.2 Å². The van der Waals surface area contributed by atoms with Gasteiger partial charge in [0.05, 0.1) is 17.6 Å². The van der Waals surface area contributed by atoms with Gasteiger partial charge in [-0.2, -0.15) is 13.1 Å². The average Bonchev–Trinajstić information content (AvgIpc) is 3.33. The first-order valence-corrected chi connectivity index (χ1v) is 13.5. The van der Waals surface area contributed by atoms with E-state index in [9.17, 15) is 13.2 Å². The molecule has 176 valence electrons. The van der Waals surface area contributed by atoms with Gasteiger partial charge in [0.2, 0.25) is 15.9 Å². The zero-order valence-corrected chi connectivity index (χ0v) is 20.3. The fraction of sp³-hybridized carbons (Fsp3) is 0.435. The molecule has 1 aliphatic heterocycles. The third-order valence-electron chi connectivity index (χ3n) is 6.03. The topological polar surface area (TPSA) is 95.5 Å². The van der Waals surface area contributed by atoms with E-state index in [1.807, 2.05) is 18.2 Å². The first-order chi connectivity index (χ1) is 16.0. The number of hydrogen-bond acceptors (Lipinski definition) is 7. The van der Waals surface area contributed by atoms with Crippen molar-refractivity contribution in [1.82, 2.24) is 18.4 Å². The van der Waals surface area contributed by atoms with Gasteiger partial charge in [0.25, 0.3) is 0 Å². The molecule has 8 nitrogen and oxygen atoms in total. The third-order valence-corrected chi connectivity index (χ3v) is 8.47. The van der Waals surface area contributed by atoms with Crippen LogP contribution in [0.5, 0.6) is 0 Å². The predicted octanol–water partition coefficient (Wildman–Crippen LogP) is 3.12. The van der Waals surface area contributed by atoms with Gasteiger partial charge in [0, 0.05) is 38.4 Å². The number of amides is 1. The Labute approximate surface area is 199 Å². The van der Waals surface area contributed by atoms with E-state index in [4.69, 9.17) is 0 Å². The van der Waals surface area contributed by atoms with Gasteiger partial charge in [-0.3, -0.25) is 4.79 Å². The lowest BCUT2D eigenvalue weighted by atomic mass is 9.99. The molecule has 1 unspecified atom stereocenters. The smallest absolute Gasteiger partial charge is 0.245 e. The van der Waals surface area contributed by atoms with Crippen molar-refractivity contribution in [2.24, 2.45) is 5.92 Å². The fourth-order valence-electron chi connectivity index (χ4n) is 4.24. The maximum Gasteiger partial charge on any atom is 0.245 e. The number of sulfonamides is 1. The molecule has 1 aromatic heterocycles. The summed E-state index contributed by atoms with van der Waals surface area (Å²) in [5.74, 6) is -0.427. The van der Waals surface area contributed by atoms with Gasteiger partial charge in [-0.25, -0.2) is 8.42 Å². The van der Waals surface area contributed by atoms with Crippen LogP contribution in [0.25, 0.3) is 11.0 Å². The average molecular weight is 488 g/mol. The number of anilines is 1. The maximum absolute atomic E-state index is 13.3. The highest BCUT2D eigenvalue weighted by molar-refractivity contribution is 7.89. The second-order valence-corrected chi connectivity index (χ2v) is 10.6. The van der Waals surface area contributed by atoms with Crippen molar-refractivity contribution in [2.75, 3.05) is 37.6 Å². The molecule has 0 saturated carbocycles. The molecule has 2 heterocycles. The van der Waals surface area contributed by atoms with Gasteiger partial charge in [0.1, 0.15) is 15.9 Å². The van der Waals surface area contributed by atoms with Crippen molar-refractivity contribution in [2.45, 2.75) is 31.1 Å². The first kappa shape index (κ1) is 23.6. The van der Waals surface area contributed by atoms with Crippen molar-refractivity contribution in [1.29, 1.82) is 0 Å². The minimum atomic E-state index is -3.74. The first-order valence-electron chi connectivity index (χ1n) is 11.3. The van der Waals surface area contributed by atoms with E-state index in [0.717, 1.165) is 31.2 Å². The summed E-state index contributed by atoms with van der Waals surface area (Å²) in [6, 6.07) is 15.2. The zero-order chi connectivity index (χ0) is 23.3. The molecule has 3 aromatic rings. The van der Waals surface area contributed by atoms with Crippen molar-refractivity contribution in [3.05, 3.63) is 48.5 Å². The standard InChI is InChI=1S/C23H29N5O3S2/c1-2-27(19-10-4-3-5-11-19)15-8-14-24-23(29)18-9-7-16-28(17-18)33(30,31)21-13-6-12-20-22(21)26-32-25-20/h3-6,10-13,18H,2,7-9,14-17H2,1H3,(H,24,29). The van der Waals surface area contributed by atoms with Crippen LogP contribution in [0.2, 0.25) is 0 Å². The summed E-state index contributed by atoms with van der Waals surface area (Å²) in [6.07, 6.45) is 2.16. The summed E-state index contributed by atoms with van der Waals surface area (Å²) >= 11 is 0.998. The lowest BCUT2D eigenvalue weighted by Crippen LogP contribution is -2.45. The SMILES string of the molecule is CCN(CCCNC(=O)C1CCCN(S(=O)(=O)c2cccc3nsnc23)C1)c1ccccc1. The number of nitrogens with one attached hydrogen (secondary N) is 1. The summed E-state index contributed by atoms with van der Waals surface area (Å²) in [4.78, 5) is 15.2. The summed E-state index contributed by atoms with van der Waals surface area (Å²) in [5, 5.41) is 3.01. The third kappa shape index (κ3) is 5.34. The molecular formula is C23H29N5O3S2. The molecule has 0 spiro atoms. The molecule has 33 heavy (non-hydrogen) atoms. The highest BCUT2D eigenvalue weighted by atomic mass is 32.2. The molecular weight excluding hydrogens is 458 g/mol. The lowest BCUT2D eigenvalue weighted by molar-refractivity contribution is -0.126. The van der Waals surface area contributed by atoms with Crippen LogP contribution in [0.3, 0.4) is 0 Å². The number of carbonyl (C=O) groups is 1. The number of fused-ring (bicyclic) bond motifs is 1. The molecule has 1 amide bonds. The van der Waals surface area contributed by atoms with Gasteiger partial charge < -0.3 is 10.2 Å². The van der Waals surface area contributed by atoms with Crippen LogP contribution in [0.4, 0.5) is 5.69 Å². The molecule has 0 aliphatic carbocycles. The number of rotatable bonds is 9. The van der Waals surface area contributed by atoms with Gasteiger partial charge in [-0.15, -0.1) is 0 Å². The van der Waals surface area contributed by atoms with Crippen molar-refractivity contribution < 1.29 is 13.2 Å². The van der Waals surface area contributed by atoms with Gasteiger partial charge >= 0.3 is 0 Å². The zero-order valence-electron chi connectivity index (χ0n) is 18.7. The Bertz CT molecular complexity index is 1180. The Kier molecular flexibility index (Phi) is 7.56. The van der Waals surface area contributed by atoms with E-state index in [-0.39, 0.29) is 23.3 Å². The summed E-state index contributed by atoms with van der Waals surface area (Å²) < 4.78 is 36.3. The van der Waals surface area contributed by atoms with Crippen LogP contribution in [0.15, 0.2) is 53.4 Å². The van der Waals surface area contributed by atoms with Crippen LogP contribution in [0.1, 0.15) is 26.2 Å². The number of hydrogen-bond donors (Lipinski definition) is 1. The molecule has 0 bridgehead atoms. The molecule has 10 heteroatoms. The minimum absolute atomic E-state index is 0.0776. The number of carbonyl (C=O) groups excluding carboxylic acids is 1. The second-order valence-electron chi connectivity index (χ2n) is 8.15. The number of aromatic nitrogens is 2. The predicted molar refractivity (Wildman–Crippen MR) is 131 cm³/mol. The van der Waals surface area contributed by atoms with Crippen molar-refractivity contribution >= 4 is 44.4 Å². The molecule has 1 atom stereocenters. The lowest BCUT2D eigenvalue weighted by Gasteiger charge is -2.31. The highest BCUT2D eigenvalue weighted by Gasteiger charge is 2.34. The Morgan fingerprint density at radius 1 is 1.18 bits per heavy atom.